The minimum absolute atomic E-state index is 0.00371. The predicted molar refractivity (Wildman–Crippen MR) is 111 cm³/mol. The lowest BCUT2D eigenvalue weighted by Crippen LogP contribution is -2.36. The largest absolute Gasteiger partial charge is 0.497 e. The molecule has 0 aliphatic carbocycles. The van der Waals surface area contributed by atoms with Crippen LogP contribution in [-0.4, -0.2) is 24.0 Å². The second-order valence-electron chi connectivity index (χ2n) is 6.42. The first kappa shape index (κ1) is 21.8. The highest BCUT2D eigenvalue weighted by atomic mass is 19.4. The third kappa shape index (κ3) is 6.30. The fourth-order valence-corrected chi connectivity index (χ4v) is 2.63. The zero-order valence-electron chi connectivity index (χ0n) is 16.5. The Morgan fingerprint density at radius 1 is 1.10 bits per heavy atom. The van der Waals surface area contributed by atoms with Gasteiger partial charge in [0, 0.05) is 23.6 Å². The molecule has 1 heterocycles. The molecule has 9 heteroatoms. The Morgan fingerprint density at radius 2 is 1.90 bits per heavy atom. The number of ether oxygens (including phenoxy) is 1. The summed E-state index contributed by atoms with van der Waals surface area (Å²) < 4.78 is 44.2. The number of rotatable bonds is 5. The van der Waals surface area contributed by atoms with Gasteiger partial charge in [-0.2, -0.15) is 13.2 Å². The van der Waals surface area contributed by atoms with E-state index in [-0.39, 0.29) is 18.2 Å². The van der Waals surface area contributed by atoms with E-state index in [0.717, 1.165) is 17.7 Å². The Hall–Kier alpha value is -3.88. The number of hydrogen-bond acceptors (Lipinski definition) is 4. The minimum atomic E-state index is -4.49. The molecule has 6 nitrogen and oxygen atoms in total. The summed E-state index contributed by atoms with van der Waals surface area (Å²) in [5.74, 6) is -0.00773. The van der Waals surface area contributed by atoms with Gasteiger partial charge in [0.05, 0.1) is 19.2 Å². The van der Waals surface area contributed by atoms with Crippen LogP contribution in [0.1, 0.15) is 21.5 Å². The third-order valence-corrected chi connectivity index (χ3v) is 4.16. The van der Waals surface area contributed by atoms with Crippen molar-refractivity contribution in [3.05, 3.63) is 89.7 Å². The van der Waals surface area contributed by atoms with E-state index in [4.69, 9.17) is 4.74 Å². The summed E-state index contributed by atoms with van der Waals surface area (Å²) in [7, 11) is 1.48. The van der Waals surface area contributed by atoms with Gasteiger partial charge in [-0.25, -0.2) is 4.99 Å². The molecule has 0 spiro atoms. The van der Waals surface area contributed by atoms with Crippen molar-refractivity contribution in [2.45, 2.75) is 12.7 Å². The first-order valence-electron chi connectivity index (χ1n) is 9.18. The molecule has 0 saturated carbocycles. The van der Waals surface area contributed by atoms with E-state index >= 15 is 0 Å². The number of nitrogens with one attached hydrogen (secondary N) is 2. The molecule has 0 bridgehead atoms. The number of guanidine groups is 1. The SMILES string of the molecule is COc1cccc(C(=O)NC(=NCc2cccnc2)Nc2cccc(C(F)(F)F)c2)c1. The van der Waals surface area contributed by atoms with Crippen LogP contribution in [0.25, 0.3) is 0 Å². The monoisotopic (exact) mass is 428 g/mol. The first-order chi connectivity index (χ1) is 14.8. The molecular formula is C22H19F3N4O2. The molecule has 2 N–H and O–H groups in total. The minimum Gasteiger partial charge on any atom is -0.497 e. The molecule has 0 unspecified atom stereocenters. The normalized spacial score (nSPS) is 11.7. The summed E-state index contributed by atoms with van der Waals surface area (Å²) in [5.41, 5.74) is 0.384. The van der Waals surface area contributed by atoms with Crippen molar-refractivity contribution in [2.24, 2.45) is 4.99 Å². The van der Waals surface area contributed by atoms with Gasteiger partial charge < -0.3 is 10.1 Å². The van der Waals surface area contributed by atoms with Gasteiger partial charge in [0.15, 0.2) is 0 Å². The maximum Gasteiger partial charge on any atom is 0.416 e. The molecular weight excluding hydrogens is 409 g/mol. The van der Waals surface area contributed by atoms with Gasteiger partial charge in [0.1, 0.15) is 5.75 Å². The molecule has 3 rings (SSSR count). The van der Waals surface area contributed by atoms with E-state index in [1.807, 2.05) is 0 Å². The Morgan fingerprint density at radius 3 is 2.61 bits per heavy atom. The molecule has 0 aliphatic heterocycles. The highest BCUT2D eigenvalue weighted by Gasteiger charge is 2.30. The van der Waals surface area contributed by atoms with Gasteiger partial charge in [-0.3, -0.25) is 15.1 Å². The molecule has 0 saturated heterocycles. The van der Waals surface area contributed by atoms with Gasteiger partial charge in [-0.15, -0.1) is 0 Å². The summed E-state index contributed by atoms with van der Waals surface area (Å²) in [5, 5.41) is 5.36. The number of hydrogen-bond donors (Lipinski definition) is 2. The molecule has 0 radical (unpaired) electrons. The maximum absolute atomic E-state index is 13.0. The maximum atomic E-state index is 13.0. The van der Waals surface area contributed by atoms with Crippen LogP contribution in [0, 0.1) is 0 Å². The van der Waals surface area contributed by atoms with Gasteiger partial charge in [0.25, 0.3) is 5.91 Å². The van der Waals surface area contributed by atoms with Crippen LogP contribution in [-0.2, 0) is 12.7 Å². The van der Waals surface area contributed by atoms with E-state index in [0.29, 0.717) is 11.3 Å². The number of carbonyl (C=O) groups excluding carboxylic acids is 1. The summed E-state index contributed by atoms with van der Waals surface area (Å²) in [4.78, 5) is 21.0. The fourth-order valence-electron chi connectivity index (χ4n) is 2.63. The number of aromatic nitrogens is 1. The van der Waals surface area contributed by atoms with Crippen molar-refractivity contribution in [3.63, 3.8) is 0 Å². The number of carbonyl (C=O) groups is 1. The van der Waals surface area contributed by atoms with E-state index < -0.39 is 17.6 Å². The molecule has 1 amide bonds. The number of halogens is 3. The molecule has 1 aromatic heterocycles. The van der Waals surface area contributed by atoms with Crippen molar-refractivity contribution >= 4 is 17.6 Å². The van der Waals surface area contributed by atoms with Gasteiger partial charge in [-0.05, 0) is 48.0 Å². The Kier molecular flexibility index (Phi) is 6.86. The van der Waals surface area contributed by atoms with Crippen LogP contribution in [0.5, 0.6) is 5.75 Å². The lowest BCUT2D eigenvalue weighted by Gasteiger charge is -2.14. The smallest absolute Gasteiger partial charge is 0.416 e. The summed E-state index contributed by atoms with van der Waals surface area (Å²) in [6, 6.07) is 14.6. The molecule has 31 heavy (non-hydrogen) atoms. The van der Waals surface area contributed by atoms with Gasteiger partial charge in [-0.1, -0.05) is 18.2 Å². The van der Waals surface area contributed by atoms with Crippen LogP contribution in [0.4, 0.5) is 18.9 Å². The number of anilines is 1. The topological polar surface area (TPSA) is 75.6 Å². The van der Waals surface area contributed by atoms with E-state index in [9.17, 15) is 18.0 Å². The number of amides is 1. The predicted octanol–water partition coefficient (Wildman–Crippen LogP) is 4.51. The van der Waals surface area contributed by atoms with Crippen LogP contribution >= 0.6 is 0 Å². The van der Waals surface area contributed by atoms with Crippen molar-refractivity contribution in [2.75, 3.05) is 12.4 Å². The molecule has 0 aliphatic rings. The molecule has 3 aromatic rings. The number of alkyl halides is 3. The average molecular weight is 428 g/mol. The molecule has 0 fully saturated rings. The number of methoxy groups -OCH3 is 1. The van der Waals surface area contributed by atoms with E-state index in [1.165, 1.54) is 19.2 Å². The van der Waals surface area contributed by atoms with Crippen LogP contribution in [0.15, 0.2) is 78.0 Å². The van der Waals surface area contributed by atoms with Crippen LogP contribution in [0.3, 0.4) is 0 Å². The number of benzene rings is 2. The molecule has 160 valence electrons. The average Bonchev–Trinajstić information content (AvgIpc) is 2.78. The van der Waals surface area contributed by atoms with Crippen molar-refractivity contribution in [1.29, 1.82) is 0 Å². The number of aliphatic imine (C=N–C) groups is 1. The Balaban J connectivity index is 1.85. The van der Waals surface area contributed by atoms with E-state index in [2.05, 4.69) is 20.6 Å². The molecule has 2 aromatic carbocycles. The second kappa shape index (κ2) is 9.75. The van der Waals surface area contributed by atoms with Crippen LogP contribution in [0.2, 0.25) is 0 Å². The van der Waals surface area contributed by atoms with E-state index in [1.54, 1.807) is 48.8 Å². The quantitative estimate of drug-likeness (QED) is 0.463. The highest BCUT2D eigenvalue weighted by molar-refractivity contribution is 6.10. The Labute approximate surface area is 176 Å². The standard InChI is InChI=1S/C22H19F3N4O2/c1-31-19-9-2-6-16(11-19)20(30)29-21(27-14-15-5-4-10-26-13-15)28-18-8-3-7-17(12-18)22(23,24)25/h2-13H,14H2,1H3,(H2,27,28,29,30). The van der Waals surface area contributed by atoms with Gasteiger partial charge in [0.2, 0.25) is 5.96 Å². The summed E-state index contributed by atoms with van der Waals surface area (Å²) >= 11 is 0. The Bertz CT molecular complexity index is 1070. The van der Waals surface area contributed by atoms with Crippen LogP contribution < -0.4 is 15.4 Å². The number of nitrogens with zero attached hydrogens (tertiary/aromatic N) is 2. The van der Waals surface area contributed by atoms with Crippen molar-refractivity contribution < 1.29 is 22.7 Å². The zero-order valence-corrected chi connectivity index (χ0v) is 16.5. The highest BCUT2D eigenvalue weighted by Crippen LogP contribution is 2.30. The van der Waals surface area contributed by atoms with Crippen molar-refractivity contribution in [3.8, 4) is 5.75 Å². The summed E-state index contributed by atoms with van der Waals surface area (Å²) in [6.45, 7) is 0.160. The third-order valence-electron chi connectivity index (χ3n) is 4.16. The second-order valence-corrected chi connectivity index (χ2v) is 6.42. The lowest BCUT2D eigenvalue weighted by atomic mass is 10.2. The number of pyridine rings is 1. The first-order valence-corrected chi connectivity index (χ1v) is 9.18. The summed E-state index contributed by atoms with van der Waals surface area (Å²) in [6.07, 6.45) is -1.27. The zero-order chi connectivity index (χ0) is 22.3. The molecule has 0 atom stereocenters. The lowest BCUT2D eigenvalue weighted by molar-refractivity contribution is -0.137. The fraction of sp³-hybridized carbons (Fsp3) is 0.136. The van der Waals surface area contributed by atoms with Crippen molar-refractivity contribution in [1.82, 2.24) is 10.3 Å². The van der Waals surface area contributed by atoms with Gasteiger partial charge >= 0.3 is 6.18 Å².